The summed E-state index contributed by atoms with van der Waals surface area (Å²) in [6.07, 6.45) is -0.153. The van der Waals surface area contributed by atoms with Gasteiger partial charge in [-0.3, -0.25) is 0 Å². The molecule has 4 nitrogen and oxygen atoms in total. The van der Waals surface area contributed by atoms with Crippen molar-refractivity contribution in [2.45, 2.75) is 19.8 Å². The summed E-state index contributed by atoms with van der Waals surface area (Å²) in [6, 6.07) is 0. The molecule has 0 aromatic carbocycles. The van der Waals surface area contributed by atoms with Crippen molar-refractivity contribution >= 4 is 35.0 Å². The number of carboxylic acid groups (broad SMARTS) is 2. The van der Waals surface area contributed by atoms with Crippen molar-refractivity contribution < 1.29 is 19.8 Å². The number of carbonyl (C=O) groups is 2. The number of carboxylic acids is 2. The summed E-state index contributed by atoms with van der Waals surface area (Å²) in [5.41, 5.74) is 0. The Hall–Kier alpha value is -0.294. The molecule has 0 N–H and O–H groups in total. The van der Waals surface area contributed by atoms with Crippen LogP contribution in [0.25, 0.3) is 0 Å². The Morgan fingerprint density at radius 3 is 2.09 bits per heavy atom. The zero-order valence-corrected chi connectivity index (χ0v) is 7.75. The molecule has 0 rings (SSSR count). The summed E-state index contributed by atoms with van der Waals surface area (Å²) in [4.78, 5) is 19.8. The monoisotopic (exact) mass is 168 g/mol. The van der Waals surface area contributed by atoms with Crippen LogP contribution in [0, 0.1) is 5.92 Å². The molecule has 0 bridgehead atoms. The van der Waals surface area contributed by atoms with Crippen molar-refractivity contribution in [2.24, 2.45) is 5.92 Å². The molecule has 0 aromatic rings. The molecule has 0 saturated carbocycles. The van der Waals surface area contributed by atoms with Crippen LogP contribution in [0.2, 0.25) is 0 Å². The minimum absolute atomic E-state index is 0. The van der Waals surface area contributed by atoms with Crippen molar-refractivity contribution in [3.8, 4) is 0 Å². The van der Waals surface area contributed by atoms with Gasteiger partial charge in [-0.15, -0.1) is 0 Å². The van der Waals surface area contributed by atoms with E-state index in [0.29, 0.717) is 0 Å². The molecule has 1 atom stereocenters. The second kappa shape index (κ2) is 6.42. The molecule has 0 saturated heterocycles. The van der Waals surface area contributed by atoms with Crippen molar-refractivity contribution in [1.29, 1.82) is 0 Å². The fraction of sp³-hybridized carbons (Fsp3) is 0.667. The third-order valence-electron chi connectivity index (χ3n) is 1.18. The number of hydrogen-bond acceptors (Lipinski definition) is 4. The maximum absolute atomic E-state index is 9.99. The van der Waals surface area contributed by atoms with E-state index in [9.17, 15) is 19.8 Å². The number of carbonyl (C=O) groups excluding carboxylic acids is 2. The molecule has 0 aliphatic carbocycles. The fourth-order valence-electron chi connectivity index (χ4n) is 0.452. The average Bonchev–Trinajstić information content (AvgIpc) is 1.82. The zero-order valence-electron chi connectivity index (χ0n) is 6.33. The van der Waals surface area contributed by atoms with E-state index < -0.39 is 17.9 Å². The predicted molar refractivity (Wildman–Crippen MR) is 34.2 cm³/mol. The first-order chi connectivity index (χ1) is 4.54. The minimum atomic E-state index is -1.23. The maximum Gasteiger partial charge on any atom is 2.00 e. The Morgan fingerprint density at radius 2 is 1.82 bits per heavy atom. The van der Waals surface area contributed by atoms with Crippen LogP contribution in [0.1, 0.15) is 19.8 Å². The van der Waals surface area contributed by atoms with Crippen LogP contribution in [-0.4, -0.2) is 35.0 Å². The number of rotatable bonds is 4. The molecule has 0 amide bonds. The summed E-state index contributed by atoms with van der Waals surface area (Å²) in [5, 5.41) is 19.8. The van der Waals surface area contributed by atoms with Gasteiger partial charge in [-0.1, -0.05) is 6.92 Å². The minimum Gasteiger partial charge on any atom is -0.550 e. The number of aliphatic carboxylic acids is 2. The van der Waals surface area contributed by atoms with E-state index in [1.165, 1.54) is 6.92 Å². The van der Waals surface area contributed by atoms with E-state index in [2.05, 4.69) is 0 Å². The van der Waals surface area contributed by atoms with Gasteiger partial charge in [0.1, 0.15) is 0 Å². The molecule has 58 valence electrons. The maximum atomic E-state index is 9.99. The van der Waals surface area contributed by atoms with Crippen LogP contribution < -0.4 is 10.2 Å². The quantitative estimate of drug-likeness (QED) is 0.436. The van der Waals surface area contributed by atoms with E-state index in [4.69, 9.17) is 0 Å². The molecule has 0 radical (unpaired) electrons. The molecular formula is C6H8MgO4. The van der Waals surface area contributed by atoms with Gasteiger partial charge in [0.15, 0.2) is 0 Å². The van der Waals surface area contributed by atoms with Crippen molar-refractivity contribution in [3.63, 3.8) is 0 Å². The summed E-state index contributed by atoms with van der Waals surface area (Å²) in [6.45, 7) is 1.40. The Kier molecular flexibility index (Phi) is 7.76. The topological polar surface area (TPSA) is 80.3 Å². The van der Waals surface area contributed by atoms with E-state index in [1.807, 2.05) is 0 Å². The second-order valence-electron chi connectivity index (χ2n) is 2.13. The third-order valence-corrected chi connectivity index (χ3v) is 1.18. The predicted octanol–water partition coefficient (Wildman–Crippen LogP) is -2.48. The van der Waals surface area contributed by atoms with E-state index in [-0.39, 0.29) is 35.9 Å². The van der Waals surface area contributed by atoms with Gasteiger partial charge in [-0.25, -0.2) is 0 Å². The SMILES string of the molecule is CC(CCC(=O)[O-])C(=O)[O-].[Mg+2]. The number of hydrogen-bond donors (Lipinski definition) is 0. The molecule has 0 spiro atoms. The van der Waals surface area contributed by atoms with E-state index in [1.54, 1.807) is 0 Å². The molecule has 0 aliphatic rings. The summed E-state index contributed by atoms with van der Waals surface area (Å²) in [7, 11) is 0. The first-order valence-electron chi connectivity index (χ1n) is 2.94. The van der Waals surface area contributed by atoms with Gasteiger partial charge < -0.3 is 19.8 Å². The summed E-state index contributed by atoms with van der Waals surface area (Å²) in [5.74, 6) is -3.16. The molecular weight excluding hydrogens is 160 g/mol. The van der Waals surface area contributed by atoms with Gasteiger partial charge in [0.05, 0.1) is 0 Å². The van der Waals surface area contributed by atoms with Gasteiger partial charge in [0.25, 0.3) is 0 Å². The van der Waals surface area contributed by atoms with Gasteiger partial charge in [0, 0.05) is 11.9 Å². The van der Waals surface area contributed by atoms with Crippen molar-refractivity contribution in [2.75, 3.05) is 0 Å². The largest absolute Gasteiger partial charge is 2.00 e. The van der Waals surface area contributed by atoms with E-state index in [0.717, 1.165) is 0 Å². The van der Waals surface area contributed by atoms with Gasteiger partial charge in [0.2, 0.25) is 0 Å². The molecule has 0 heterocycles. The molecule has 11 heavy (non-hydrogen) atoms. The molecule has 1 unspecified atom stereocenters. The molecule has 0 aromatic heterocycles. The third kappa shape index (κ3) is 7.60. The van der Waals surface area contributed by atoms with Crippen molar-refractivity contribution in [1.82, 2.24) is 0 Å². The van der Waals surface area contributed by atoms with E-state index >= 15 is 0 Å². The van der Waals surface area contributed by atoms with Gasteiger partial charge >= 0.3 is 23.1 Å². The Labute approximate surface area is 80.7 Å². The standard InChI is InChI=1S/C6H10O4.Mg/c1-4(6(9)10)2-3-5(7)8;/h4H,2-3H2,1H3,(H,7,8)(H,9,10);/q;+2/p-2. The first-order valence-corrected chi connectivity index (χ1v) is 2.94. The molecule has 0 fully saturated rings. The van der Waals surface area contributed by atoms with Crippen LogP contribution in [0.4, 0.5) is 0 Å². The van der Waals surface area contributed by atoms with Crippen LogP contribution in [0.5, 0.6) is 0 Å². The second-order valence-corrected chi connectivity index (χ2v) is 2.13. The summed E-state index contributed by atoms with van der Waals surface area (Å²) < 4.78 is 0. The normalized spacial score (nSPS) is 11.4. The van der Waals surface area contributed by atoms with Crippen molar-refractivity contribution in [3.05, 3.63) is 0 Å². The molecule has 0 aliphatic heterocycles. The Morgan fingerprint density at radius 1 is 1.36 bits per heavy atom. The molecule has 5 heteroatoms. The first kappa shape index (κ1) is 13.3. The Balaban J connectivity index is 0. The zero-order chi connectivity index (χ0) is 8.15. The average molecular weight is 168 g/mol. The van der Waals surface area contributed by atoms with Crippen LogP contribution in [0.3, 0.4) is 0 Å². The Bertz CT molecular complexity index is 146. The van der Waals surface area contributed by atoms with Crippen LogP contribution in [0.15, 0.2) is 0 Å². The van der Waals surface area contributed by atoms with Gasteiger partial charge in [-0.2, -0.15) is 0 Å². The van der Waals surface area contributed by atoms with Crippen LogP contribution in [-0.2, 0) is 9.59 Å². The smallest absolute Gasteiger partial charge is 0.550 e. The van der Waals surface area contributed by atoms with Gasteiger partial charge in [-0.05, 0) is 18.8 Å². The van der Waals surface area contributed by atoms with Crippen LogP contribution >= 0.6 is 0 Å². The fourth-order valence-corrected chi connectivity index (χ4v) is 0.452. The summed E-state index contributed by atoms with van der Waals surface area (Å²) >= 11 is 0.